The van der Waals surface area contributed by atoms with Crippen molar-refractivity contribution in [1.29, 1.82) is 0 Å². The van der Waals surface area contributed by atoms with E-state index in [1.54, 1.807) is 0 Å². The Morgan fingerprint density at radius 3 is 1.97 bits per heavy atom. The zero-order chi connectivity index (χ0) is 26.5. The Balaban J connectivity index is 2.99. The van der Waals surface area contributed by atoms with E-state index >= 15 is 0 Å². The number of methoxy groups -OCH3 is 1. The van der Waals surface area contributed by atoms with Crippen LogP contribution in [0, 0.1) is 0 Å². The van der Waals surface area contributed by atoms with Gasteiger partial charge >= 0.3 is 5.97 Å². The zero-order valence-corrected chi connectivity index (χ0v) is 26.1. The van der Waals surface area contributed by atoms with Gasteiger partial charge in [-0.1, -0.05) is 47.6 Å². The molecular weight excluding hydrogens is 464 g/mol. The molecule has 1 saturated heterocycles. The molecule has 0 aromatic heterocycles. The summed E-state index contributed by atoms with van der Waals surface area (Å²) in [5.74, 6) is -0.339. The Kier molecular flexibility index (Phi) is 11.3. The van der Waals surface area contributed by atoms with E-state index in [1.165, 1.54) is 13.2 Å². The largest absolute Gasteiger partial charge is 0.466 e. The molecular formula is C26H52O6Si2. The SMILES string of the molecule is COC(=O)/C=C/CC[C@@H](C)O[C@@H]1O[C@@H](C)[C@H](O[Si](C)(C)C(C)(C)C)C[C@H]1O[Si](C)(C)C(C)(C)C. The van der Waals surface area contributed by atoms with Crippen LogP contribution in [0.25, 0.3) is 0 Å². The molecule has 8 heteroatoms. The molecule has 200 valence electrons. The Labute approximate surface area is 211 Å². The molecule has 0 radical (unpaired) electrons. The van der Waals surface area contributed by atoms with E-state index in [4.69, 9.17) is 18.3 Å². The summed E-state index contributed by atoms with van der Waals surface area (Å²) in [6, 6.07) is 0. The predicted octanol–water partition coefficient (Wildman–Crippen LogP) is 6.82. The van der Waals surface area contributed by atoms with Crippen LogP contribution >= 0.6 is 0 Å². The second-order valence-corrected chi connectivity index (χ2v) is 22.2. The van der Waals surface area contributed by atoms with Crippen LogP contribution < -0.4 is 0 Å². The fraction of sp³-hybridized carbons (Fsp3) is 0.885. The second kappa shape index (κ2) is 12.1. The zero-order valence-electron chi connectivity index (χ0n) is 24.1. The molecule has 5 atom stereocenters. The molecule has 0 aromatic carbocycles. The van der Waals surface area contributed by atoms with Gasteiger partial charge in [-0.05, 0) is 63.0 Å². The molecule has 0 spiro atoms. The molecule has 34 heavy (non-hydrogen) atoms. The summed E-state index contributed by atoms with van der Waals surface area (Å²) in [6.07, 6.45) is 4.78. The van der Waals surface area contributed by atoms with Crippen molar-refractivity contribution in [3.63, 3.8) is 0 Å². The molecule has 1 rings (SSSR count). The van der Waals surface area contributed by atoms with Crippen molar-refractivity contribution in [2.75, 3.05) is 7.11 Å². The molecule has 0 amide bonds. The minimum absolute atomic E-state index is 0.0196. The van der Waals surface area contributed by atoms with Crippen molar-refractivity contribution >= 4 is 22.6 Å². The van der Waals surface area contributed by atoms with Crippen LogP contribution in [0.2, 0.25) is 36.3 Å². The summed E-state index contributed by atoms with van der Waals surface area (Å²) < 4.78 is 31.1. The maximum atomic E-state index is 11.3. The van der Waals surface area contributed by atoms with Crippen LogP contribution in [0.3, 0.4) is 0 Å². The van der Waals surface area contributed by atoms with Gasteiger partial charge in [-0.3, -0.25) is 0 Å². The van der Waals surface area contributed by atoms with Crippen molar-refractivity contribution in [1.82, 2.24) is 0 Å². The van der Waals surface area contributed by atoms with Crippen molar-refractivity contribution in [3.05, 3.63) is 12.2 Å². The maximum Gasteiger partial charge on any atom is 0.330 e. The molecule has 1 aliphatic heterocycles. The summed E-state index contributed by atoms with van der Waals surface area (Å²) in [5, 5.41) is 0.211. The van der Waals surface area contributed by atoms with Gasteiger partial charge in [0.15, 0.2) is 22.9 Å². The molecule has 0 saturated carbocycles. The van der Waals surface area contributed by atoms with Crippen LogP contribution in [0.4, 0.5) is 0 Å². The third-order valence-electron chi connectivity index (χ3n) is 7.71. The molecule has 0 aliphatic carbocycles. The summed E-state index contributed by atoms with van der Waals surface area (Å²) in [6.45, 7) is 26.8. The highest BCUT2D eigenvalue weighted by Gasteiger charge is 2.48. The number of rotatable bonds is 10. The Morgan fingerprint density at radius 1 is 1.00 bits per heavy atom. The van der Waals surface area contributed by atoms with E-state index in [-0.39, 0.29) is 40.5 Å². The van der Waals surface area contributed by atoms with Gasteiger partial charge < -0.3 is 23.1 Å². The molecule has 6 nitrogen and oxygen atoms in total. The molecule has 0 unspecified atom stereocenters. The summed E-state index contributed by atoms with van der Waals surface area (Å²) in [4.78, 5) is 11.3. The lowest BCUT2D eigenvalue weighted by atomic mass is 10.0. The van der Waals surface area contributed by atoms with Gasteiger partial charge in [0, 0.05) is 12.5 Å². The first kappa shape index (κ1) is 31.5. The standard InChI is InChI=1S/C26H52O6Si2/c1-19(16-14-15-17-23(27)28-9)29-24-22(32-34(12,13)26(6,7)8)18-21(20(2)30-24)31-33(10,11)25(3,4)5/h15,17,19-22,24H,14,16,18H2,1-13H3/b17-15+/t19-,20+,21-,22-,24-/m1/s1. The number of allylic oxidation sites excluding steroid dienone is 1. The summed E-state index contributed by atoms with van der Waals surface area (Å²) in [7, 11) is -2.63. The first-order valence-electron chi connectivity index (χ1n) is 12.7. The van der Waals surface area contributed by atoms with Gasteiger partial charge in [-0.2, -0.15) is 0 Å². The number of hydrogen-bond acceptors (Lipinski definition) is 6. The van der Waals surface area contributed by atoms with Gasteiger partial charge in [0.2, 0.25) is 0 Å². The number of carbonyl (C=O) groups excluding carboxylic acids is 1. The molecule has 0 bridgehead atoms. The average molecular weight is 517 g/mol. The molecule has 1 aliphatic rings. The highest BCUT2D eigenvalue weighted by Crippen LogP contribution is 2.42. The van der Waals surface area contributed by atoms with Gasteiger partial charge in [-0.25, -0.2) is 4.79 Å². The highest BCUT2D eigenvalue weighted by molar-refractivity contribution is 6.74. The first-order chi connectivity index (χ1) is 15.3. The topological polar surface area (TPSA) is 63.2 Å². The van der Waals surface area contributed by atoms with E-state index in [9.17, 15) is 4.79 Å². The van der Waals surface area contributed by atoms with Crippen molar-refractivity contribution in [3.8, 4) is 0 Å². The van der Waals surface area contributed by atoms with Crippen LogP contribution in [0.15, 0.2) is 12.2 Å². The van der Waals surface area contributed by atoms with Crippen molar-refractivity contribution < 1.29 is 27.9 Å². The Hall–Kier alpha value is -0.516. The summed E-state index contributed by atoms with van der Waals surface area (Å²) >= 11 is 0. The fourth-order valence-corrected chi connectivity index (χ4v) is 5.99. The maximum absolute atomic E-state index is 11.3. The van der Waals surface area contributed by atoms with Crippen LogP contribution in [-0.4, -0.2) is 60.4 Å². The molecule has 0 N–H and O–H groups in total. The average Bonchev–Trinajstić information content (AvgIpc) is 2.66. The number of hydrogen-bond donors (Lipinski definition) is 0. The lowest BCUT2D eigenvalue weighted by Gasteiger charge is -2.48. The minimum Gasteiger partial charge on any atom is -0.466 e. The van der Waals surface area contributed by atoms with Crippen LogP contribution in [0.5, 0.6) is 0 Å². The monoisotopic (exact) mass is 516 g/mol. The Morgan fingerprint density at radius 2 is 1.50 bits per heavy atom. The lowest BCUT2D eigenvalue weighted by Crippen LogP contribution is -2.57. The van der Waals surface area contributed by atoms with E-state index in [0.717, 1.165) is 19.3 Å². The second-order valence-electron chi connectivity index (χ2n) is 12.7. The number of esters is 1. The van der Waals surface area contributed by atoms with E-state index in [1.807, 2.05) is 13.0 Å². The fourth-order valence-electron chi connectivity index (χ4n) is 3.27. The van der Waals surface area contributed by atoms with Crippen LogP contribution in [-0.2, 0) is 27.9 Å². The van der Waals surface area contributed by atoms with Crippen LogP contribution in [0.1, 0.15) is 74.7 Å². The molecule has 1 fully saturated rings. The smallest absolute Gasteiger partial charge is 0.330 e. The van der Waals surface area contributed by atoms with Crippen molar-refractivity contribution in [2.45, 2.75) is 142 Å². The lowest BCUT2D eigenvalue weighted by molar-refractivity contribution is -0.268. The molecule has 1 heterocycles. The normalized spacial score (nSPS) is 26.0. The third-order valence-corrected chi connectivity index (χ3v) is 16.7. The van der Waals surface area contributed by atoms with Gasteiger partial charge in [0.25, 0.3) is 0 Å². The quantitative estimate of drug-likeness (QED) is 0.180. The first-order valence-corrected chi connectivity index (χ1v) is 18.5. The van der Waals surface area contributed by atoms with Gasteiger partial charge in [0.05, 0.1) is 31.5 Å². The minimum atomic E-state index is -2.05. The van der Waals surface area contributed by atoms with E-state index < -0.39 is 22.9 Å². The highest BCUT2D eigenvalue weighted by atomic mass is 28.4. The Bertz CT molecular complexity index is 678. The van der Waals surface area contributed by atoms with Gasteiger partial charge in [0.1, 0.15) is 0 Å². The van der Waals surface area contributed by atoms with E-state index in [2.05, 4.69) is 79.4 Å². The third kappa shape index (κ3) is 9.17. The molecule has 0 aromatic rings. The van der Waals surface area contributed by atoms with E-state index in [0.29, 0.717) is 0 Å². The predicted molar refractivity (Wildman–Crippen MR) is 144 cm³/mol. The van der Waals surface area contributed by atoms with Crippen molar-refractivity contribution in [2.24, 2.45) is 0 Å². The van der Waals surface area contributed by atoms with Gasteiger partial charge in [-0.15, -0.1) is 0 Å². The number of ether oxygens (including phenoxy) is 3. The number of carbonyl (C=O) groups is 1. The summed E-state index contributed by atoms with van der Waals surface area (Å²) in [5.41, 5.74) is 0.